The molecule has 1 amide bonds. The number of carbonyl (C=O) groups is 1. The number of tetrazole rings is 1. The Morgan fingerprint density at radius 2 is 1.83 bits per heavy atom. The second kappa shape index (κ2) is 7.29. The Labute approximate surface area is 159 Å². The molecule has 0 saturated carbocycles. The molecule has 3 aromatic rings. The Balaban J connectivity index is 2.06. The lowest BCUT2D eigenvalue weighted by atomic mass is 10.1. The van der Waals surface area contributed by atoms with Crippen LogP contribution in [-0.2, 0) is 26.8 Å². The monoisotopic (exact) mass is 410 g/mol. The summed E-state index contributed by atoms with van der Waals surface area (Å²) < 4.78 is 42.0. The van der Waals surface area contributed by atoms with E-state index in [9.17, 15) is 27.6 Å². The molecule has 0 aliphatic heterocycles. The van der Waals surface area contributed by atoms with E-state index in [1.54, 1.807) is 0 Å². The van der Waals surface area contributed by atoms with Gasteiger partial charge in [0.1, 0.15) is 0 Å². The number of alkyl halides is 3. The highest BCUT2D eigenvalue weighted by Crippen LogP contribution is 2.31. The van der Waals surface area contributed by atoms with Gasteiger partial charge >= 0.3 is 11.9 Å². The molecule has 3 rings (SSSR count). The first-order valence-electron chi connectivity index (χ1n) is 7.96. The minimum atomic E-state index is -4.68. The van der Waals surface area contributed by atoms with E-state index in [-0.39, 0.29) is 11.5 Å². The molecular formula is C15H13F3N8O3. The lowest BCUT2D eigenvalue weighted by Crippen LogP contribution is -2.45. The fourth-order valence-corrected chi connectivity index (χ4v) is 2.51. The first-order chi connectivity index (χ1) is 13.6. The molecule has 29 heavy (non-hydrogen) atoms. The maximum absolute atomic E-state index is 13.2. The minimum absolute atomic E-state index is 0.0981. The smallest absolute Gasteiger partial charge is 0.288 e. The van der Waals surface area contributed by atoms with Crippen molar-refractivity contribution in [2.24, 2.45) is 14.1 Å². The van der Waals surface area contributed by atoms with Crippen LogP contribution in [0, 0.1) is 0 Å². The van der Waals surface area contributed by atoms with Crippen LogP contribution in [0.4, 0.5) is 19.1 Å². The molecule has 11 nitrogen and oxygen atoms in total. The van der Waals surface area contributed by atoms with Crippen molar-refractivity contribution < 1.29 is 18.0 Å². The molecule has 1 N–H and O–H groups in total. The van der Waals surface area contributed by atoms with Crippen LogP contribution in [0.5, 0.6) is 0 Å². The quantitative estimate of drug-likeness (QED) is 0.630. The predicted octanol–water partition coefficient (Wildman–Crippen LogP) is -0.215. The first kappa shape index (κ1) is 19.9. The van der Waals surface area contributed by atoms with E-state index < -0.39 is 41.1 Å². The summed E-state index contributed by atoms with van der Waals surface area (Å²) in [5, 5.41) is 16.2. The zero-order valence-corrected chi connectivity index (χ0v) is 15.0. The van der Waals surface area contributed by atoms with Gasteiger partial charge in [-0.1, -0.05) is 23.3 Å². The molecule has 0 unspecified atom stereocenters. The summed E-state index contributed by atoms with van der Waals surface area (Å²) in [7, 11) is 2.59. The molecule has 2 heterocycles. The molecule has 0 saturated heterocycles. The number of aryl methyl sites for hydroxylation is 2. The molecule has 0 spiro atoms. The predicted molar refractivity (Wildman–Crippen MR) is 91.0 cm³/mol. The third-order valence-corrected chi connectivity index (χ3v) is 3.92. The number of hydrogen-bond acceptors (Lipinski definition) is 7. The Bertz CT molecular complexity index is 1190. The van der Waals surface area contributed by atoms with E-state index in [0.717, 1.165) is 23.9 Å². The van der Waals surface area contributed by atoms with E-state index in [2.05, 4.69) is 25.9 Å². The summed E-state index contributed by atoms with van der Waals surface area (Å²) in [4.78, 5) is 37.4. The number of amides is 1. The highest BCUT2D eigenvalue weighted by molar-refractivity contribution is 6.01. The number of rotatable bonds is 4. The molecule has 0 aliphatic carbocycles. The van der Waals surface area contributed by atoms with Gasteiger partial charge in [-0.05, 0) is 22.1 Å². The zero-order valence-electron chi connectivity index (χ0n) is 15.0. The molecular weight excluding hydrogens is 397 g/mol. The second-order valence-electron chi connectivity index (χ2n) is 5.88. The molecule has 152 valence electrons. The molecule has 2 aromatic heterocycles. The maximum atomic E-state index is 13.2. The molecule has 0 aliphatic rings. The van der Waals surface area contributed by atoms with Gasteiger partial charge in [0.05, 0.1) is 12.1 Å². The van der Waals surface area contributed by atoms with Gasteiger partial charge in [0.25, 0.3) is 11.5 Å². The van der Waals surface area contributed by atoms with Crippen LogP contribution < -0.4 is 16.6 Å². The van der Waals surface area contributed by atoms with E-state index >= 15 is 0 Å². The summed E-state index contributed by atoms with van der Waals surface area (Å²) in [5.41, 5.74) is -4.16. The van der Waals surface area contributed by atoms with Crippen molar-refractivity contribution in [3.05, 3.63) is 61.9 Å². The van der Waals surface area contributed by atoms with Crippen LogP contribution in [0.1, 0.15) is 21.6 Å². The van der Waals surface area contributed by atoms with Gasteiger partial charge in [0.2, 0.25) is 11.6 Å². The second-order valence-corrected chi connectivity index (χ2v) is 5.88. The van der Waals surface area contributed by atoms with E-state index in [1.807, 2.05) is 0 Å². The fourth-order valence-electron chi connectivity index (χ4n) is 2.51. The van der Waals surface area contributed by atoms with Gasteiger partial charge in [-0.3, -0.25) is 19.5 Å². The van der Waals surface area contributed by atoms with E-state index in [1.165, 1.54) is 19.2 Å². The number of anilines is 1. The average Bonchev–Trinajstić information content (AvgIpc) is 3.05. The Hall–Kier alpha value is -3.84. The summed E-state index contributed by atoms with van der Waals surface area (Å²) in [6.07, 6.45) is -4.68. The first-order valence-corrected chi connectivity index (χ1v) is 7.96. The largest absolute Gasteiger partial charge is 0.416 e. The highest BCUT2D eigenvalue weighted by Gasteiger charge is 2.33. The Morgan fingerprint density at radius 1 is 1.14 bits per heavy atom. The van der Waals surface area contributed by atoms with Gasteiger partial charge in [-0.2, -0.15) is 18.3 Å². The maximum Gasteiger partial charge on any atom is 0.416 e. The van der Waals surface area contributed by atoms with Crippen molar-refractivity contribution in [2.45, 2.75) is 12.7 Å². The Kier molecular flexibility index (Phi) is 5.01. The van der Waals surface area contributed by atoms with Crippen LogP contribution in [0.3, 0.4) is 0 Å². The summed E-state index contributed by atoms with van der Waals surface area (Å²) in [5.74, 6) is -1.12. The number of hydrogen-bond donors (Lipinski definition) is 1. The summed E-state index contributed by atoms with van der Waals surface area (Å²) in [6, 6.07) is 4.50. The Morgan fingerprint density at radius 3 is 2.45 bits per heavy atom. The van der Waals surface area contributed by atoms with Crippen molar-refractivity contribution in [1.82, 2.24) is 34.6 Å². The van der Waals surface area contributed by atoms with Crippen LogP contribution in [-0.4, -0.2) is 40.5 Å². The van der Waals surface area contributed by atoms with Crippen LogP contribution in [0.2, 0.25) is 0 Å². The van der Waals surface area contributed by atoms with Crippen molar-refractivity contribution in [1.29, 1.82) is 0 Å². The van der Waals surface area contributed by atoms with Gasteiger partial charge in [0.15, 0.2) is 0 Å². The minimum Gasteiger partial charge on any atom is -0.288 e. The lowest BCUT2D eigenvalue weighted by Gasteiger charge is -2.14. The number of benzene rings is 1. The van der Waals surface area contributed by atoms with Crippen LogP contribution in [0.25, 0.3) is 0 Å². The highest BCUT2D eigenvalue weighted by atomic mass is 19.4. The molecule has 0 radical (unpaired) electrons. The average molecular weight is 410 g/mol. The molecule has 0 bridgehead atoms. The van der Waals surface area contributed by atoms with Crippen LogP contribution >= 0.6 is 0 Å². The molecule has 1 aromatic carbocycles. The zero-order chi connectivity index (χ0) is 21.3. The van der Waals surface area contributed by atoms with Gasteiger partial charge in [0, 0.05) is 14.1 Å². The topological polar surface area (TPSA) is 130 Å². The van der Waals surface area contributed by atoms with Crippen molar-refractivity contribution in [3.63, 3.8) is 0 Å². The van der Waals surface area contributed by atoms with Crippen molar-refractivity contribution in [3.8, 4) is 0 Å². The van der Waals surface area contributed by atoms with E-state index in [4.69, 9.17) is 0 Å². The van der Waals surface area contributed by atoms with E-state index in [0.29, 0.717) is 9.25 Å². The lowest BCUT2D eigenvalue weighted by molar-refractivity contribution is -0.138. The number of nitrogens with zero attached hydrogens (tertiary/aromatic N) is 7. The third-order valence-electron chi connectivity index (χ3n) is 3.92. The standard InChI is InChI=1S/C15H13F3N8O3/c1-24-13(20-22-23-24)19-11(27)10-12(28)26(14(29)25(2)21-10)7-8-5-3-4-6-9(8)15(16,17)18/h3-6H,7H2,1-2H3,(H,19,20,23,27). The molecule has 0 atom stereocenters. The van der Waals surface area contributed by atoms with Crippen LogP contribution in [0.15, 0.2) is 33.9 Å². The van der Waals surface area contributed by atoms with Gasteiger partial charge in [-0.15, -0.1) is 0 Å². The SMILES string of the molecule is Cn1nnnc1NC(=O)c1nn(C)c(=O)n(Cc2ccccc2C(F)(F)F)c1=O. The molecule has 14 heteroatoms. The molecule has 0 fully saturated rings. The summed E-state index contributed by atoms with van der Waals surface area (Å²) in [6.45, 7) is -0.699. The van der Waals surface area contributed by atoms with Crippen molar-refractivity contribution in [2.75, 3.05) is 5.32 Å². The number of nitrogens with one attached hydrogen (secondary N) is 1. The third kappa shape index (κ3) is 3.90. The number of halogens is 3. The normalized spacial score (nSPS) is 11.5. The summed E-state index contributed by atoms with van der Waals surface area (Å²) >= 11 is 0. The van der Waals surface area contributed by atoms with Gasteiger partial charge in [-0.25, -0.2) is 14.2 Å². The van der Waals surface area contributed by atoms with Crippen molar-refractivity contribution >= 4 is 11.9 Å². The van der Waals surface area contributed by atoms with Gasteiger partial charge < -0.3 is 0 Å². The number of aromatic nitrogens is 7. The fraction of sp³-hybridized carbons (Fsp3) is 0.267. The number of carbonyl (C=O) groups excluding carboxylic acids is 1.